The van der Waals surface area contributed by atoms with Crippen molar-refractivity contribution in [3.8, 4) is 6.07 Å². The molecule has 0 unspecified atom stereocenters. The number of hydrogen-bond acceptors (Lipinski definition) is 4. The van der Waals surface area contributed by atoms with Crippen LogP contribution in [-0.2, 0) is 20.1 Å². The van der Waals surface area contributed by atoms with E-state index in [1.54, 1.807) is 17.7 Å². The number of halogens is 1. The highest BCUT2D eigenvalue weighted by Gasteiger charge is 2.22. The molecule has 1 aliphatic rings. The fourth-order valence-corrected chi connectivity index (χ4v) is 2.81. The van der Waals surface area contributed by atoms with E-state index in [1.807, 2.05) is 12.1 Å². The van der Waals surface area contributed by atoms with Crippen molar-refractivity contribution in [2.75, 3.05) is 11.4 Å². The topological polar surface area (TPSA) is 66.8 Å². The molecule has 3 rings (SSSR count). The van der Waals surface area contributed by atoms with E-state index in [2.05, 4.69) is 32.0 Å². The molecule has 1 aromatic heterocycles. The van der Waals surface area contributed by atoms with Gasteiger partial charge in [-0.1, -0.05) is 15.9 Å². The molecule has 0 saturated carbocycles. The van der Waals surface area contributed by atoms with Gasteiger partial charge < -0.3 is 4.90 Å². The van der Waals surface area contributed by atoms with Gasteiger partial charge in [-0.3, -0.25) is 4.57 Å². The van der Waals surface area contributed by atoms with Crippen LogP contribution in [0, 0.1) is 11.3 Å². The van der Waals surface area contributed by atoms with Crippen LogP contribution in [0.4, 0.5) is 5.69 Å². The summed E-state index contributed by atoms with van der Waals surface area (Å²) >= 11 is 3.37. The van der Waals surface area contributed by atoms with E-state index >= 15 is 0 Å². The summed E-state index contributed by atoms with van der Waals surface area (Å²) < 4.78 is 3.91. The Balaban J connectivity index is 1.99. The van der Waals surface area contributed by atoms with Crippen LogP contribution in [0.3, 0.4) is 0 Å². The van der Waals surface area contributed by atoms with Gasteiger partial charge in [0.25, 0.3) is 0 Å². The zero-order valence-corrected chi connectivity index (χ0v) is 12.5. The first-order chi connectivity index (χ1) is 9.60. The minimum absolute atomic E-state index is 0.0871. The monoisotopic (exact) mass is 333 g/mol. The molecule has 0 amide bonds. The van der Waals surface area contributed by atoms with Gasteiger partial charge >= 0.3 is 5.69 Å². The minimum atomic E-state index is -0.0871. The number of aromatic nitrogens is 3. The molecule has 0 radical (unpaired) electrons. The summed E-state index contributed by atoms with van der Waals surface area (Å²) in [5.41, 5.74) is 1.40. The molecule has 0 saturated heterocycles. The van der Waals surface area contributed by atoms with Crippen molar-refractivity contribution < 1.29 is 0 Å². The van der Waals surface area contributed by atoms with Crippen LogP contribution in [0.5, 0.6) is 0 Å². The standard InChI is InChI=1S/C13H12BrN5O/c1-17-13(20)19-5-4-18(8-12(19)16-17)11-3-2-10(14)6-9(11)7-15/h2-3,6H,4-5,8H2,1H3. The summed E-state index contributed by atoms with van der Waals surface area (Å²) in [4.78, 5) is 13.9. The predicted octanol–water partition coefficient (Wildman–Crippen LogP) is 1.24. The molecule has 7 heteroatoms. The maximum atomic E-state index is 11.8. The second-order valence-corrected chi connectivity index (χ2v) is 5.58. The van der Waals surface area contributed by atoms with Crippen LogP contribution in [0.2, 0.25) is 0 Å². The van der Waals surface area contributed by atoms with Crippen LogP contribution in [0.1, 0.15) is 11.4 Å². The highest BCUT2D eigenvalue weighted by molar-refractivity contribution is 9.10. The van der Waals surface area contributed by atoms with Crippen LogP contribution in [0.15, 0.2) is 27.5 Å². The van der Waals surface area contributed by atoms with Gasteiger partial charge in [0.15, 0.2) is 5.82 Å². The van der Waals surface area contributed by atoms with E-state index in [0.29, 0.717) is 25.2 Å². The number of aryl methyl sites for hydroxylation is 1. The van der Waals surface area contributed by atoms with Gasteiger partial charge in [-0.25, -0.2) is 9.48 Å². The zero-order valence-electron chi connectivity index (χ0n) is 10.9. The van der Waals surface area contributed by atoms with Gasteiger partial charge in [-0.05, 0) is 18.2 Å². The van der Waals surface area contributed by atoms with Crippen molar-refractivity contribution >= 4 is 21.6 Å². The molecule has 0 bridgehead atoms. The average molecular weight is 334 g/mol. The molecule has 102 valence electrons. The first kappa shape index (κ1) is 12.9. The van der Waals surface area contributed by atoms with Crippen molar-refractivity contribution in [3.05, 3.63) is 44.5 Å². The molecule has 0 spiro atoms. The minimum Gasteiger partial charge on any atom is -0.361 e. The highest BCUT2D eigenvalue weighted by atomic mass is 79.9. The fourth-order valence-electron chi connectivity index (χ4n) is 2.45. The fraction of sp³-hybridized carbons (Fsp3) is 0.308. The lowest BCUT2D eigenvalue weighted by atomic mass is 10.1. The molecule has 6 nitrogen and oxygen atoms in total. The Hall–Kier alpha value is -2.07. The molecule has 2 heterocycles. The van der Waals surface area contributed by atoms with Gasteiger partial charge in [0, 0.05) is 24.6 Å². The normalized spacial score (nSPS) is 13.9. The summed E-state index contributed by atoms with van der Waals surface area (Å²) in [7, 11) is 1.65. The summed E-state index contributed by atoms with van der Waals surface area (Å²) in [5.74, 6) is 0.732. The molecule has 0 fully saturated rings. The number of rotatable bonds is 1. The molecule has 0 N–H and O–H groups in total. The SMILES string of the molecule is Cn1nc2n(c1=O)CCN(c1ccc(Br)cc1C#N)C2. The van der Waals surface area contributed by atoms with Crippen LogP contribution in [-0.4, -0.2) is 20.9 Å². The van der Waals surface area contributed by atoms with E-state index in [1.165, 1.54) is 4.68 Å². The molecular weight excluding hydrogens is 322 g/mol. The molecule has 20 heavy (non-hydrogen) atoms. The molecule has 1 aliphatic heterocycles. The third kappa shape index (κ3) is 2.02. The molecule has 0 aliphatic carbocycles. The number of nitrogens with zero attached hydrogens (tertiary/aromatic N) is 5. The van der Waals surface area contributed by atoms with E-state index in [-0.39, 0.29) is 5.69 Å². The Morgan fingerprint density at radius 3 is 2.95 bits per heavy atom. The van der Waals surface area contributed by atoms with E-state index in [0.717, 1.165) is 16.0 Å². The van der Waals surface area contributed by atoms with Crippen molar-refractivity contribution in [1.29, 1.82) is 5.26 Å². The molecular formula is C13H12BrN5O. The van der Waals surface area contributed by atoms with Crippen molar-refractivity contribution in [2.24, 2.45) is 7.05 Å². The van der Waals surface area contributed by atoms with Gasteiger partial charge in [0.05, 0.1) is 17.8 Å². The van der Waals surface area contributed by atoms with Crippen molar-refractivity contribution in [2.45, 2.75) is 13.1 Å². The first-order valence-electron chi connectivity index (χ1n) is 6.17. The summed E-state index contributed by atoms with van der Waals surface area (Å²) in [6.07, 6.45) is 0. The average Bonchev–Trinajstić information content (AvgIpc) is 2.73. The number of benzene rings is 1. The molecule has 1 aromatic carbocycles. The van der Waals surface area contributed by atoms with Crippen molar-refractivity contribution in [1.82, 2.24) is 14.3 Å². The Bertz CT molecular complexity index is 770. The maximum Gasteiger partial charge on any atom is 0.345 e. The maximum absolute atomic E-state index is 11.8. The predicted molar refractivity (Wildman–Crippen MR) is 77.4 cm³/mol. The highest BCUT2D eigenvalue weighted by Crippen LogP contribution is 2.26. The van der Waals surface area contributed by atoms with Crippen LogP contribution >= 0.6 is 15.9 Å². The van der Waals surface area contributed by atoms with Gasteiger partial charge in [0.1, 0.15) is 6.07 Å². The Morgan fingerprint density at radius 2 is 2.20 bits per heavy atom. The van der Waals surface area contributed by atoms with Crippen molar-refractivity contribution in [3.63, 3.8) is 0 Å². The smallest absolute Gasteiger partial charge is 0.345 e. The second kappa shape index (κ2) is 4.80. The van der Waals surface area contributed by atoms with E-state index < -0.39 is 0 Å². The number of anilines is 1. The second-order valence-electron chi connectivity index (χ2n) is 4.67. The van der Waals surface area contributed by atoms with Crippen LogP contribution < -0.4 is 10.6 Å². The van der Waals surface area contributed by atoms with Gasteiger partial charge in [-0.15, -0.1) is 0 Å². The Labute approximate surface area is 124 Å². The van der Waals surface area contributed by atoms with E-state index in [4.69, 9.17) is 0 Å². The Morgan fingerprint density at radius 1 is 1.40 bits per heavy atom. The quantitative estimate of drug-likeness (QED) is 0.787. The largest absolute Gasteiger partial charge is 0.361 e. The zero-order chi connectivity index (χ0) is 14.3. The van der Waals surface area contributed by atoms with Crippen LogP contribution in [0.25, 0.3) is 0 Å². The Kier molecular flexibility index (Phi) is 3.10. The number of fused-ring (bicyclic) bond motifs is 1. The summed E-state index contributed by atoms with van der Waals surface area (Å²) in [6.45, 7) is 1.81. The third-order valence-electron chi connectivity index (χ3n) is 3.43. The first-order valence-corrected chi connectivity index (χ1v) is 6.97. The lowest BCUT2D eigenvalue weighted by molar-refractivity contribution is 0.548. The van der Waals surface area contributed by atoms with Gasteiger partial charge in [0.2, 0.25) is 0 Å². The molecule has 2 aromatic rings. The molecule has 0 atom stereocenters. The van der Waals surface area contributed by atoms with Gasteiger partial charge in [-0.2, -0.15) is 10.4 Å². The lowest BCUT2D eigenvalue weighted by Crippen LogP contribution is -2.37. The number of nitriles is 1. The lowest BCUT2D eigenvalue weighted by Gasteiger charge is -2.29. The summed E-state index contributed by atoms with van der Waals surface area (Å²) in [5, 5.41) is 13.5. The van der Waals surface area contributed by atoms with E-state index in [9.17, 15) is 10.1 Å². The number of hydrogen-bond donors (Lipinski definition) is 0. The third-order valence-corrected chi connectivity index (χ3v) is 3.92. The summed E-state index contributed by atoms with van der Waals surface area (Å²) in [6, 6.07) is 7.84.